The molecule has 246 valence electrons. The van der Waals surface area contributed by atoms with Crippen LogP contribution in [-0.2, 0) is 9.53 Å². The van der Waals surface area contributed by atoms with E-state index < -0.39 is 54.4 Å². The lowest BCUT2D eigenvalue weighted by molar-refractivity contribution is -0.165. The summed E-state index contributed by atoms with van der Waals surface area (Å²) in [6.07, 6.45) is 10.3. The molecule has 1 aliphatic rings. The maximum Gasteiger partial charge on any atom is 0.334 e. The van der Waals surface area contributed by atoms with E-state index in [-0.39, 0.29) is 18.7 Å². The summed E-state index contributed by atoms with van der Waals surface area (Å²) in [6.45, 7) is 11.1. The normalized spacial score (nSPS) is 29.4. The third-order valence-corrected chi connectivity index (χ3v) is 8.20. The molecule has 8 atom stereocenters. The number of esters is 1. The second-order valence-electron chi connectivity index (χ2n) is 12.0. The first-order valence-corrected chi connectivity index (χ1v) is 15.8. The van der Waals surface area contributed by atoms with Gasteiger partial charge in [-0.1, -0.05) is 82.1 Å². The predicted octanol–water partition coefficient (Wildman–Crippen LogP) is 5.30. The first kappa shape index (κ1) is 37.4. The van der Waals surface area contributed by atoms with Crippen LogP contribution in [0.4, 0.5) is 0 Å². The van der Waals surface area contributed by atoms with Gasteiger partial charge in [0.25, 0.3) is 0 Å². The zero-order valence-corrected chi connectivity index (χ0v) is 27.1. The minimum atomic E-state index is -1.39. The number of hydrogen-bond acceptors (Lipinski definition) is 9. The van der Waals surface area contributed by atoms with Gasteiger partial charge in [0.05, 0.1) is 36.4 Å². The lowest BCUT2D eigenvalue weighted by atomic mass is 9.87. The van der Waals surface area contributed by atoms with Gasteiger partial charge in [0, 0.05) is 17.9 Å². The number of allylic oxidation sites excluding steroid dienone is 5. The highest BCUT2D eigenvalue weighted by atomic mass is 16.6. The van der Waals surface area contributed by atoms with Crippen LogP contribution in [0.5, 0.6) is 0 Å². The Kier molecular flexibility index (Phi) is 16.0. The average Bonchev–Trinajstić information content (AvgIpc) is 3.47. The van der Waals surface area contributed by atoms with Crippen LogP contribution in [0.3, 0.4) is 0 Å². The van der Waals surface area contributed by atoms with Gasteiger partial charge in [0.15, 0.2) is 12.0 Å². The average molecular weight is 616 g/mol. The number of nitrogens with zero attached hydrogens (tertiary/aromatic N) is 1. The zero-order valence-electron chi connectivity index (χ0n) is 27.1. The molecule has 0 unspecified atom stereocenters. The SMILES string of the molecule is C/C=C(C)\C=C(/C)[C@@H](O)[C@H](C)[C@@H](O)[C@@H]1OC(=O)/C(CCCCCC)=C/c2coc(n2)[C@H](C)[C@@H](O)C[C@H](O)/C=C/C=C\C[C@@H]1O. The number of aromatic nitrogens is 1. The van der Waals surface area contributed by atoms with Gasteiger partial charge in [0.1, 0.15) is 12.0 Å². The Morgan fingerprint density at radius 1 is 1.11 bits per heavy atom. The van der Waals surface area contributed by atoms with Crippen molar-refractivity contribution in [2.45, 2.75) is 129 Å². The Bertz CT molecular complexity index is 1180. The van der Waals surface area contributed by atoms with Gasteiger partial charge in [-0.15, -0.1) is 0 Å². The van der Waals surface area contributed by atoms with Crippen LogP contribution in [0, 0.1) is 5.92 Å². The van der Waals surface area contributed by atoms with Crippen LogP contribution in [0.25, 0.3) is 6.08 Å². The second-order valence-corrected chi connectivity index (χ2v) is 12.0. The van der Waals surface area contributed by atoms with E-state index in [0.29, 0.717) is 23.3 Å². The molecule has 1 aliphatic heterocycles. The Labute approximate surface area is 262 Å². The highest BCUT2D eigenvalue weighted by Gasteiger charge is 2.37. The maximum absolute atomic E-state index is 13.7. The summed E-state index contributed by atoms with van der Waals surface area (Å²) >= 11 is 0. The summed E-state index contributed by atoms with van der Waals surface area (Å²) in [5.41, 5.74) is 2.26. The molecule has 0 saturated carbocycles. The Balaban J connectivity index is 2.50. The third kappa shape index (κ3) is 11.6. The standard InChI is InChI=1S/C35H53NO8/c1-7-9-10-12-15-26-19-27-21-43-34(36-27)24(5)30(39)20-28(37)16-13-11-14-17-29(38)33(44-35(26)42)32(41)25(6)31(40)23(4)18-22(3)8-2/h8,11,13-14,16,18-19,21,24-25,28-33,37-41H,7,9-10,12,15,17,20H2,1-6H3/b14-11-,16-13+,22-8-,23-18+,26-19+/t24-,25+,28-,29+,30+,31-,32-,33-/m1/s1. The topological polar surface area (TPSA) is 153 Å². The van der Waals surface area contributed by atoms with Crippen molar-refractivity contribution in [3.8, 4) is 0 Å². The van der Waals surface area contributed by atoms with Crippen LogP contribution in [-0.4, -0.2) is 73.1 Å². The number of hydrogen-bond donors (Lipinski definition) is 5. The number of carbonyl (C=O) groups excluding carboxylic acids is 1. The molecular formula is C35H53NO8. The lowest BCUT2D eigenvalue weighted by Gasteiger charge is -2.33. The minimum absolute atomic E-state index is 0.0343. The fraction of sp³-hybridized carbons (Fsp3) is 0.600. The molecule has 0 aromatic carbocycles. The molecule has 0 aliphatic carbocycles. The van der Waals surface area contributed by atoms with E-state index in [1.807, 2.05) is 26.0 Å². The molecule has 0 spiro atoms. The van der Waals surface area contributed by atoms with Crippen molar-refractivity contribution in [3.63, 3.8) is 0 Å². The number of ether oxygens (including phenoxy) is 1. The van der Waals surface area contributed by atoms with Gasteiger partial charge < -0.3 is 34.7 Å². The van der Waals surface area contributed by atoms with Crippen molar-refractivity contribution in [2.24, 2.45) is 5.92 Å². The predicted molar refractivity (Wildman–Crippen MR) is 171 cm³/mol. The summed E-state index contributed by atoms with van der Waals surface area (Å²) in [5.74, 6) is -1.72. The Hall–Kier alpha value is -2.82. The highest BCUT2D eigenvalue weighted by Crippen LogP contribution is 2.27. The van der Waals surface area contributed by atoms with Crippen molar-refractivity contribution in [1.82, 2.24) is 4.98 Å². The molecule has 1 aromatic rings. The second kappa shape index (κ2) is 18.9. The van der Waals surface area contributed by atoms with Gasteiger partial charge in [0.2, 0.25) is 0 Å². The summed E-state index contributed by atoms with van der Waals surface area (Å²) < 4.78 is 11.5. The van der Waals surface area contributed by atoms with Gasteiger partial charge in [-0.05, 0) is 51.7 Å². The number of cyclic esters (lactones) is 1. The number of carbonyl (C=O) groups is 1. The number of aliphatic hydroxyl groups excluding tert-OH is 5. The largest absolute Gasteiger partial charge is 0.453 e. The molecule has 5 N–H and O–H groups in total. The minimum Gasteiger partial charge on any atom is -0.453 e. The molecule has 1 aromatic heterocycles. The smallest absolute Gasteiger partial charge is 0.334 e. The first-order chi connectivity index (χ1) is 20.9. The molecule has 0 amide bonds. The number of aliphatic hydroxyl groups is 5. The Morgan fingerprint density at radius 3 is 2.52 bits per heavy atom. The van der Waals surface area contributed by atoms with Crippen molar-refractivity contribution in [1.29, 1.82) is 0 Å². The van der Waals surface area contributed by atoms with Crippen molar-refractivity contribution in [3.05, 3.63) is 71.0 Å². The molecule has 0 saturated heterocycles. The van der Waals surface area contributed by atoms with Crippen molar-refractivity contribution >= 4 is 12.0 Å². The number of fused-ring (bicyclic) bond motifs is 2. The molecule has 9 heteroatoms. The van der Waals surface area contributed by atoms with E-state index in [9.17, 15) is 30.3 Å². The number of oxazole rings is 1. The van der Waals surface area contributed by atoms with Crippen LogP contribution in [0.1, 0.15) is 104 Å². The van der Waals surface area contributed by atoms with E-state index in [1.54, 1.807) is 45.1 Å². The molecule has 2 heterocycles. The van der Waals surface area contributed by atoms with Crippen LogP contribution >= 0.6 is 0 Å². The van der Waals surface area contributed by atoms with E-state index in [4.69, 9.17) is 9.15 Å². The first-order valence-electron chi connectivity index (χ1n) is 15.8. The van der Waals surface area contributed by atoms with Gasteiger partial charge in [-0.2, -0.15) is 0 Å². The highest BCUT2D eigenvalue weighted by molar-refractivity contribution is 5.93. The molecule has 2 bridgehead atoms. The van der Waals surface area contributed by atoms with Crippen molar-refractivity contribution in [2.75, 3.05) is 0 Å². The fourth-order valence-corrected chi connectivity index (χ4v) is 5.05. The van der Waals surface area contributed by atoms with Crippen molar-refractivity contribution < 1.29 is 39.5 Å². The summed E-state index contributed by atoms with van der Waals surface area (Å²) in [6, 6.07) is 0. The van der Waals surface area contributed by atoms with Crippen LogP contribution in [0.15, 0.2) is 63.9 Å². The zero-order chi connectivity index (χ0) is 32.8. The molecule has 0 fully saturated rings. The van der Waals surface area contributed by atoms with E-state index in [1.165, 1.54) is 12.3 Å². The number of rotatable bonds is 10. The monoisotopic (exact) mass is 615 g/mol. The van der Waals surface area contributed by atoms with E-state index in [2.05, 4.69) is 11.9 Å². The van der Waals surface area contributed by atoms with Gasteiger partial charge in [-0.3, -0.25) is 0 Å². The van der Waals surface area contributed by atoms with Gasteiger partial charge >= 0.3 is 5.97 Å². The summed E-state index contributed by atoms with van der Waals surface area (Å²) in [4.78, 5) is 18.1. The maximum atomic E-state index is 13.7. The number of unbranched alkanes of at least 4 members (excludes halogenated alkanes) is 3. The lowest BCUT2D eigenvalue weighted by Crippen LogP contribution is -2.47. The molecule has 0 radical (unpaired) electrons. The molecule has 9 nitrogen and oxygen atoms in total. The third-order valence-electron chi connectivity index (χ3n) is 8.20. The molecule has 2 rings (SSSR count). The van der Waals surface area contributed by atoms with E-state index >= 15 is 0 Å². The summed E-state index contributed by atoms with van der Waals surface area (Å²) in [7, 11) is 0. The van der Waals surface area contributed by atoms with Crippen LogP contribution < -0.4 is 0 Å². The van der Waals surface area contributed by atoms with E-state index in [0.717, 1.165) is 31.3 Å². The molecular weight excluding hydrogens is 562 g/mol. The quantitative estimate of drug-likeness (QED) is 0.134. The Morgan fingerprint density at radius 2 is 1.84 bits per heavy atom. The molecule has 44 heavy (non-hydrogen) atoms. The fourth-order valence-electron chi connectivity index (χ4n) is 5.05. The van der Waals surface area contributed by atoms with Crippen LogP contribution in [0.2, 0.25) is 0 Å². The summed E-state index contributed by atoms with van der Waals surface area (Å²) in [5, 5.41) is 54.7. The van der Waals surface area contributed by atoms with Gasteiger partial charge in [-0.25, -0.2) is 9.78 Å².